The normalized spacial score (nSPS) is 19.0. The molecule has 4 rings (SSSR count). The molecule has 4 N–H and O–H groups in total. The molecule has 0 spiro atoms. The number of nitriles is 1. The average Bonchev–Trinajstić information content (AvgIpc) is 3.18. The van der Waals surface area contributed by atoms with E-state index in [1.807, 2.05) is 17.6 Å². The molecule has 2 heterocycles. The minimum atomic E-state index is -0.272. The summed E-state index contributed by atoms with van der Waals surface area (Å²) < 4.78 is 2.01. The number of aliphatic hydroxyl groups excluding tert-OH is 1. The second-order valence-corrected chi connectivity index (χ2v) is 9.57. The number of hydrogen-bond acceptors (Lipinski definition) is 7. The van der Waals surface area contributed by atoms with Gasteiger partial charge in [0, 0.05) is 25.0 Å². The Balaban J connectivity index is 1.77. The van der Waals surface area contributed by atoms with Gasteiger partial charge < -0.3 is 16.2 Å². The van der Waals surface area contributed by atoms with Crippen molar-refractivity contribution < 1.29 is 9.90 Å². The summed E-state index contributed by atoms with van der Waals surface area (Å²) in [6.45, 7) is 1.97. The molecular weight excluding hydrogens is 477 g/mol. The Hall–Kier alpha value is -2.93. The number of carbonyl (C=O) groups is 1. The van der Waals surface area contributed by atoms with Crippen LogP contribution >= 0.6 is 23.2 Å². The Morgan fingerprint density at radius 3 is 2.56 bits per heavy atom. The molecule has 9 nitrogen and oxygen atoms in total. The minimum Gasteiger partial charge on any atom is -0.396 e. The molecule has 0 unspecified atom stereocenters. The van der Waals surface area contributed by atoms with Crippen LogP contribution in [0, 0.1) is 23.2 Å². The molecule has 11 heteroatoms. The van der Waals surface area contributed by atoms with Crippen molar-refractivity contribution in [3.05, 3.63) is 39.8 Å². The number of amides is 1. The minimum absolute atomic E-state index is 0.0219. The van der Waals surface area contributed by atoms with Gasteiger partial charge in [0.25, 0.3) is 0 Å². The topological polar surface area (TPSA) is 143 Å². The molecule has 1 fully saturated rings. The van der Waals surface area contributed by atoms with Gasteiger partial charge in [-0.3, -0.25) is 9.36 Å². The summed E-state index contributed by atoms with van der Waals surface area (Å²) in [4.78, 5) is 25.6. The van der Waals surface area contributed by atoms with Crippen LogP contribution in [0.5, 0.6) is 0 Å². The number of imidazole rings is 1. The number of rotatable bonds is 7. The maximum absolute atomic E-state index is 11.7. The van der Waals surface area contributed by atoms with Crippen molar-refractivity contribution in [2.24, 2.45) is 17.6 Å². The first kappa shape index (κ1) is 24.2. The summed E-state index contributed by atoms with van der Waals surface area (Å²) in [5, 5.41) is 22.4. The third-order valence-electron chi connectivity index (χ3n) is 6.20. The molecular formula is C23H25Cl2N7O2. The number of nitrogens with zero attached hydrogens (tertiary/aromatic N) is 5. The highest BCUT2D eigenvalue weighted by atomic mass is 35.5. The van der Waals surface area contributed by atoms with Crippen LogP contribution in [0.1, 0.15) is 50.0 Å². The van der Waals surface area contributed by atoms with E-state index in [-0.39, 0.29) is 30.4 Å². The van der Waals surface area contributed by atoms with Crippen molar-refractivity contribution in [1.29, 1.82) is 5.26 Å². The van der Waals surface area contributed by atoms with Gasteiger partial charge in [-0.05, 0) is 43.7 Å². The first-order valence-electron chi connectivity index (χ1n) is 11.1. The number of carbonyl (C=O) groups excluding carboxylic acids is 1. The van der Waals surface area contributed by atoms with Crippen molar-refractivity contribution in [2.75, 3.05) is 11.9 Å². The van der Waals surface area contributed by atoms with Gasteiger partial charge in [-0.1, -0.05) is 30.1 Å². The van der Waals surface area contributed by atoms with Crippen LogP contribution < -0.4 is 11.1 Å². The molecule has 0 bridgehead atoms. The highest BCUT2D eigenvalue weighted by molar-refractivity contribution is 6.39. The third kappa shape index (κ3) is 4.94. The predicted molar refractivity (Wildman–Crippen MR) is 130 cm³/mol. The summed E-state index contributed by atoms with van der Waals surface area (Å²) in [6.07, 6.45) is 5.01. The number of primary amides is 1. The number of benzene rings is 1. The molecule has 34 heavy (non-hydrogen) atoms. The van der Waals surface area contributed by atoms with Gasteiger partial charge in [0.15, 0.2) is 5.65 Å². The highest BCUT2D eigenvalue weighted by Gasteiger charge is 2.29. The number of nitrogens with two attached hydrogens (primary N) is 1. The number of aliphatic hydroxyl groups is 1. The maximum atomic E-state index is 11.7. The summed E-state index contributed by atoms with van der Waals surface area (Å²) >= 11 is 12.8. The second-order valence-electron chi connectivity index (χ2n) is 8.75. The van der Waals surface area contributed by atoms with E-state index in [1.54, 1.807) is 6.20 Å². The fraction of sp³-hybridized carbons (Fsp3) is 0.435. The van der Waals surface area contributed by atoms with Gasteiger partial charge in [0.1, 0.15) is 11.3 Å². The van der Waals surface area contributed by atoms with Gasteiger partial charge in [-0.25, -0.2) is 15.0 Å². The number of nitrogens with one attached hydrogen (secondary N) is 1. The Labute approximate surface area is 206 Å². The fourth-order valence-corrected chi connectivity index (χ4v) is 4.90. The van der Waals surface area contributed by atoms with E-state index >= 15 is 0 Å². The molecule has 1 aliphatic carbocycles. The molecule has 0 radical (unpaired) electrons. The third-order valence-corrected chi connectivity index (χ3v) is 6.79. The average molecular weight is 502 g/mol. The predicted octanol–water partition coefficient (Wildman–Crippen LogP) is 4.14. The van der Waals surface area contributed by atoms with E-state index in [0.29, 0.717) is 63.5 Å². The van der Waals surface area contributed by atoms with Crippen LogP contribution in [0.4, 0.5) is 11.6 Å². The molecule has 1 saturated carbocycles. The number of halogens is 2. The number of hydrogen-bond donors (Lipinski definition) is 3. The Kier molecular flexibility index (Phi) is 7.22. The van der Waals surface area contributed by atoms with E-state index in [4.69, 9.17) is 38.9 Å². The first-order valence-corrected chi connectivity index (χ1v) is 11.9. The zero-order chi connectivity index (χ0) is 24.4. The van der Waals surface area contributed by atoms with Crippen LogP contribution in [-0.2, 0) is 11.2 Å². The van der Waals surface area contributed by atoms with Gasteiger partial charge in [0.2, 0.25) is 11.9 Å². The Morgan fingerprint density at radius 2 is 1.97 bits per heavy atom. The van der Waals surface area contributed by atoms with E-state index < -0.39 is 0 Å². The molecule has 0 aliphatic heterocycles. The lowest BCUT2D eigenvalue weighted by atomic mass is 9.85. The van der Waals surface area contributed by atoms with Crippen molar-refractivity contribution in [3.63, 3.8) is 0 Å². The molecule has 3 aromatic rings. The van der Waals surface area contributed by atoms with Crippen molar-refractivity contribution >= 4 is 51.9 Å². The SMILES string of the molecule is C[C@@H](CO)Cc1ncc2nc(Nc3c(Cl)cc(C#N)cc3Cl)n(C3CCC(C(N)=O)CC3)c2n1. The Bertz CT molecular complexity index is 1240. The van der Waals surface area contributed by atoms with Gasteiger partial charge in [-0.2, -0.15) is 5.26 Å². The molecule has 178 valence electrons. The summed E-state index contributed by atoms with van der Waals surface area (Å²) in [7, 11) is 0. The van der Waals surface area contributed by atoms with Gasteiger partial charge in [0.05, 0.1) is 33.6 Å². The number of aromatic nitrogens is 4. The highest BCUT2D eigenvalue weighted by Crippen LogP contribution is 2.39. The van der Waals surface area contributed by atoms with Crippen LogP contribution in [0.15, 0.2) is 18.3 Å². The zero-order valence-corrected chi connectivity index (χ0v) is 20.1. The lowest BCUT2D eigenvalue weighted by molar-refractivity contribution is -0.122. The zero-order valence-electron chi connectivity index (χ0n) is 18.6. The second kappa shape index (κ2) is 10.1. The summed E-state index contributed by atoms with van der Waals surface area (Å²) in [6, 6.07) is 5.13. The molecule has 1 atom stereocenters. The number of anilines is 2. The summed E-state index contributed by atoms with van der Waals surface area (Å²) in [5.41, 5.74) is 7.57. The van der Waals surface area contributed by atoms with Crippen LogP contribution in [0.25, 0.3) is 11.2 Å². The van der Waals surface area contributed by atoms with Crippen molar-refractivity contribution in [1.82, 2.24) is 19.5 Å². The summed E-state index contributed by atoms with van der Waals surface area (Å²) in [5.74, 6) is 0.717. The van der Waals surface area contributed by atoms with E-state index in [0.717, 1.165) is 12.8 Å². The lowest BCUT2D eigenvalue weighted by Gasteiger charge is -2.29. The lowest BCUT2D eigenvalue weighted by Crippen LogP contribution is -2.28. The maximum Gasteiger partial charge on any atom is 0.220 e. The fourth-order valence-electron chi connectivity index (χ4n) is 4.32. The quantitative estimate of drug-likeness (QED) is 0.441. The smallest absolute Gasteiger partial charge is 0.220 e. The van der Waals surface area contributed by atoms with E-state index in [1.165, 1.54) is 12.1 Å². The molecule has 2 aromatic heterocycles. The van der Waals surface area contributed by atoms with Crippen LogP contribution in [-0.4, -0.2) is 37.1 Å². The number of fused-ring (bicyclic) bond motifs is 1. The standard InChI is InChI=1S/C23H25Cl2N7O2/c1-12(11-33)6-19-28-10-18-22(30-19)32(15-4-2-14(3-5-15)21(27)34)23(29-18)31-20-16(24)7-13(9-26)8-17(20)25/h7-8,10,12,14-15,33H,2-6,11H2,1H3,(H2,27,34)(H,29,31)/t12-,14?,15?/m1/s1. The first-order chi connectivity index (χ1) is 16.3. The molecule has 1 aliphatic rings. The van der Waals surface area contributed by atoms with E-state index in [2.05, 4.69) is 10.3 Å². The monoisotopic (exact) mass is 501 g/mol. The molecule has 1 amide bonds. The van der Waals surface area contributed by atoms with Crippen molar-refractivity contribution in [2.45, 2.75) is 45.1 Å². The Morgan fingerprint density at radius 1 is 1.29 bits per heavy atom. The molecule has 1 aromatic carbocycles. The van der Waals surface area contributed by atoms with Gasteiger partial charge in [-0.15, -0.1) is 0 Å². The van der Waals surface area contributed by atoms with E-state index in [9.17, 15) is 15.2 Å². The van der Waals surface area contributed by atoms with Crippen LogP contribution in [0.2, 0.25) is 10.0 Å². The van der Waals surface area contributed by atoms with Crippen molar-refractivity contribution in [3.8, 4) is 6.07 Å². The van der Waals surface area contributed by atoms with Crippen LogP contribution in [0.3, 0.4) is 0 Å². The van der Waals surface area contributed by atoms with Gasteiger partial charge >= 0.3 is 0 Å². The molecule has 0 saturated heterocycles. The largest absolute Gasteiger partial charge is 0.396 e.